The van der Waals surface area contributed by atoms with E-state index in [4.69, 9.17) is 0 Å². The van der Waals surface area contributed by atoms with Crippen molar-refractivity contribution in [2.45, 2.75) is 20.8 Å². The van der Waals surface area contributed by atoms with Gasteiger partial charge in [-0.15, -0.1) is 0 Å². The van der Waals surface area contributed by atoms with Gasteiger partial charge in [0.05, 0.1) is 18.4 Å². The number of benzene rings is 1. The first-order chi connectivity index (χ1) is 9.33. The Hall–Kier alpha value is -2.30. The standard InChI is InChI=1S/C15H20N2O3/c1-15(2,3)9-10-16-14(19)17-12-8-6-5-7-11(12)13(18)20-4/h5-10H,1-4H3,(H2,16,17,19)/b10-9+. The summed E-state index contributed by atoms with van der Waals surface area (Å²) >= 11 is 0. The Labute approximate surface area is 119 Å². The van der Waals surface area contributed by atoms with E-state index in [9.17, 15) is 9.59 Å². The molecule has 0 saturated carbocycles. The Bertz CT molecular complexity index is 516. The van der Waals surface area contributed by atoms with Gasteiger partial charge in [-0.1, -0.05) is 39.0 Å². The third-order valence-electron chi connectivity index (χ3n) is 2.38. The van der Waals surface area contributed by atoms with Crippen molar-refractivity contribution in [2.24, 2.45) is 5.41 Å². The number of hydrogen-bond acceptors (Lipinski definition) is 3. The molecular formula is C15H20N2O3. The second kappa shape index (κ2) is 6.75. The molecule has 2 N–H and O–H groups in total. The molecule has 0 radical (unpaired) electrons. The molecule has 0 fully saturated rings. The molecule has 5 heteroatoms. The maximum atomic E-state index is 11.7. The average Bonchev–Trinajstić information content (AvgIpc) is 2.37. The largest absolute Gasteiger partial charge is 0.465 e. The number of urea groups is 1. The molecule has 0 unspecified atom stereocenters. The van der Waals surface area contributed by atoms with Crippen molar-refractivity contribution < 1.29 is 14.3 Å². The van der Waals surface area contributed by atoms with Crippen LogP contribution in [0.2, 0.25) is 0 Å². The molecule has 0 aliphatic heterocycles. The van der Waals surface area contributed by atoms with Crippen LogP contribution in [-0.2, 0) is 4.74 Å². The smallest absolute Gasteiger partial charge is 0.339 e. The summed E-state index contributed by atoms with van der Waals surface area (Å²) in [5, 5.41) is 5.20. The first-order valence-corrected chi connectivity index (χ1v) is 6.26. The van der Waals surface area contributed by atoms with Gasteiger partial charge >= 0.3 is 12.0 Å². The molecule has 20 heavy (non-hydrogen) atoms. The van der Waals surface area contributed by atoms with Crippen LogP contribution < -0.4 is 10.6 Å². The number of esters is 1. The number of anilines is 1. The molecule has 5 nitrogen and oxygen atoms in total. The minimum absolute atomic E-state index is 0.0167. The van der Waals surface area contributed by atoms with Crippen LogP contribution in [0.25, 0.3) is 0 Å². The minimum atomic E-state index is -0.494. The van der Waals surface area contributed by atoms with Crippen molar-refractivity contribution in [3.8, 4) is 0 Å². The molecule has 0 aliphatic carbocycles. The maximum Gasteiger partial charge on any atom is 0.339 e. The van der Waals surface area contributed by atoms with Crippen LogP contribution in [0.5, 0.6) is 0 Å². The fourth-order valence-corrected chi connectivity index (χ4v) is 1.41. The molecule has 1 rings (SSSR count). The Balaban J connectivity index is 2.72. The fraction of sp³-hybridized carbons (Fsp3) is 0.333. The monoisotopic (exact) mass is 276 g/mol. The predicted molar refractivity (Wildman–Crippen MR) is 78.5 cm³/mol. The van der Waals surface area contributed by atoms with Crippen LogP contribution in [0, 0.1) is 5.41 Å². The summed E-state index contributed by atoms with van der Waals surface area (Å²) in [5.74, 6) is -0.494. The zero-order valence-electron chi connectivity index (χ0n) is 12.2. The number of nitrogens with one attached hydrogen (secondary N) is 2. The molecule has 0 saturated heterocycles. The third-order valence-corrected chi connectivity index (χ3v) is 2.38. The lowest BCUT2D eigenvalue weighted by Gasteiger charge is -2.12. The lowest BCUT2D eigenvalue weighted by atomic mass is 9.97. The molecule has 1 aromatic rings. The van der Waals surface area contributed by atoms with E-state index in [1.54, 1.807) is 30.5 Å². The van der Waals surface area contributed by atoms with E-state index in [-0.39, 0.29) is 5.41 Å². The number of hydrogen-bond donors (Lipinski definition) is 2. The molecule has 0 spiro atoms. The number of ether oxygens (including phenoxy) is 1. The Morgan fingerprint density at radius 3 is 2.45 bits per heavy atom. The van der Waals surface area contributed by atoms with E-state index in [0.717, 1.165) is 0 Å². The van der Waals surface area contributed by atoms with Crippen molar-refractivity contribution in [3.63, 3.8) is 0 Å². The van der Waals surface area contributed by atoms with Gasteiger partial charge in [0.2, 0.25) is 0 Å². The topological polar surface area (TPSA) is 67.4 Å². The highest BCUT2D eigenvalue weighted by molar-refractivity contribution is 6.00. The van der Waals surface area contributed by atoms with Crippen molar-refractivity contribution >= 4 is 17.7 Å². The van der Waals surface area contributed by atoms with Crippen LogP contribution in [-0.4, -0.2) is 19.1 Å². The first kappa shape index (κ1) is 15.8. The first-order valence-electron chi connectivity index (χ1n) is 6.26. The molecule has 0 aliphatic rings. The highest BCUT2D eigenvalue weighted by Gasteiger charge is 2.12. The van der Waals surface area contributed by atoms with Crippen molar-refractivity contribution in [1.82, 2.24) is 5.32 Å². The normalized spacial score (nSPS) is 11.2. The van der Waals surface area contributed by atoms with E-state index in [1.807, 2.05) is 26.8 Å². The molecule has 0 aromatic heterocycles. The van der Waals surface area contributed by atoms with Crippen molar-refractivity contribution in [3.05, 3.63) is 42.1 Å². The SMILES string of the molecule is COC(=O)c1ccccc1NC(=O)N/C=C/C(C)(C)C. The van der Waals surface area contributed by atoms with Gasteiger partial charge in [0, 0.05) is 6.20 Å². The van der Waals surface area contributed by atoms with E-state index < -0.39 is 12.0 Å². The van der Waals surface area contributed by atoms with Crippen molar-refractivity contribution in [1.29, 1.82) is 0 Å². The van der Waals surface area contributed by atoms with E-state index in [0.29, 0.717) is 11.3 Å². The number of amides is 2. The lowest BCUT2D eigenvalue weighted by molar-refractivity contribution is 0.0602. The zero-order valence-corrected chi connectivity index (χ0v) is 12.2. The molecule has 0 atom stereocenters. The lowest BCUT2D eigenvalue weighted by Crippen LogP contribution is -2.25. The summed E-state index contributed by atoms with van der Waals surface area (Å²) in [6, 6.07) is 6.25. The summed E-state index contributed by atoms with van der Waals surface area (Å²) < 4.78 is 4.66. The third kappa shape index (κ3) is 5.14. The average molecular weight is 276 g/mol. The Morgan fingerprint density at radius 1 is 1.20 bits per heavy atom. The summed E-state index contributed by atoms with van der Waals surface area (Å²) in [4.78, 5) is 23.3. The quantitative estimate of drug-likeness (QED) is 0.833. The zero-order chi connectivity index (χ0) is 15.2. The van der Waals surface area contributed by atoms with Crippen LogP contribution in [0.4, 0.5) is 10.5 Å². The fourth-order valence-electron chi connectivity index (χ4n) is 1.41. The Kier molecular flexibility index (Phi) is 5.32. The molecule has 0 bridgehead atoms. The highest BCUT2D eigenvalue weighted by atomic mass is 16.5. The molecule has 2 amide bonds. The van der Waals surface area contributed by atoms with Gasteiger partial charge in [0.1, 0.15) is 0 Å². The second-order valence-corrected chi connectivity index (χ2v) is 5.33. The van der Waals surface area contributed by atoms with Gasteiger partial charge in [0.15, 0.2) is 0 Å². The summed E-state index contributed by atoms with van der Waals surface area (Å²) in [7, 11) is 1.30. The summed E-state index contributed by atoms with van der Waals surface area (Å²) in [5.41, 5.74) is 0.697. The number of para-hydroxylation sites is 1. The van der Waals surface area contributed by atoms with Gasteiger partial charge in [-0.25, -0.2) is 9.59 Å². The number of methoxy groups -OCH3 is 1. The van der Waals surface area contributed by atoms with Gasteiger partial charge < -0.3 is 15.4 Å². The van der Waals surface area contributed by atoms with Crippen molar-refractivity contribution in [2.75, 3.05) is 12.4 Å². The summed E-state index contributed by atoms with van der Waals surface area (Å²) in [6.07, 6.45) is 3.45. The van der Waals surface area contributed by atoms with Gasteiger partial charge in [-0.05, 0) is 17.5 Å². The van der Waals surface area contributed by atoms with E-state index >= 15 is 0 Å². The molecular weight excluding hydrogens is 256 g/mol. The molecule has 108 valence electrons. The number of carbonyl (C=O) groups is 2. The van der Waals surface area contributed by atoms with E-state index in [2.05, 4.69) is 15.4 Å². The van der Waals surface area contributed by atoms with Gasteiger partial charge in [-0.3, -0.25) is 0 Å². The number of carbonyl (C=O) groups excluding carboxylic acids is 2. The van der Waals surface area contributed by atoms with Gasteiger partial charge in [0.25, 0.3) is 0 Å². The minimum Gasteiger partial charge on any atom is -0.465 e. The summed E-state index contributed by atoms with van der Waals surface area (Å²) in [6.45, 7) is 6.07. The maximum absolute atomic E-state index is 11.7. The van der Waals surface area contributed by atoms with Crippen LogP contribution in [0.1, 0.15) is 31.1 Å². The number of rotatable bonds is 3. The highest BCUT2D eigenvalue weighted by Crippen LogP contribution is 2.16. The van der Waals surface area contributed by atoms with Crippen LogP contribution >= 0.6 is 0 Å². The van der Waals surface area contributed by atoms with Crippen LogP contribution in [0.3, 0.4) is 0 Å². The van der Waals surface area contributed by atoms with E-state index in [1.165, 1.54) is 7.11 Å². The second-order valence-electron chi connectivity index (χ2n) is 5.33. The predicted octanol–water partition coefficient (Wildman–Crippen LogP) is 3.15. The molecule has 1 aromatic carbocycles. The molecule has 0 heterocycles. The number of allylic oxidation sites excluding steroid dienone is 1. The van der Waals surface area contributed by atoms with Crippen LogP contribution in [0.15, 0.2) is 36.5 Å². The van der Waals surface area contributed by atoms with Gasteiger partial charge in [-0.2, -0.15) is 0 Å². The Morgan fingerprint density at radius 2 is 1.85 bits per heavy atom.